The third-order valence-electron chi connectivity index (χ3n) is 1.76. The first-order valence-corrected chi connectivity index (χ1v) is 4.73. The minimum absolute atomic E-state index is 0.225. The van der Waals surface area contributed by atoms with Crippen LogP contribution in [0.4, 0.5) is 8.78 Å². The van der Waals surface area contributed by atoms with Crippen LogP contribution in [0, 0.1) is 11.6 Å². The van der Waals surface area contributed by atoms with Crippen molar-refractivity contribution in [3.05, 3.63) is 33.8 Å². The van der Waals surface area contributed by atoms with Crippen LogP contribution in [0.3, 0.4) is 0 Å². The topological polar surface area (TPSA) is 12.0 Å². The van der Waals surface area contributed by atoms with Crippen LogP contribution in [-0.2, 0) is 6.42 Å². The fourth-order valence-corrected chi connectivity index (χ4v) is 1.54. The fraction of sp³-hybridized carbons (Fsp3) is 0.333. The first-order valence-electron chi connectivity index (χ1n) is 3.93. The summed E-state index contributed by atoms with van der Waals surface area (Å²) < 4.78 is 25.9. The quantitative estimate of drug-likeness (QED) is 0.812. The van der Waals surface area contributed by atoms with Gasteiger partial charge in [0.05, 0.1) is 4.47 Å². The van der Waals surface area contributed by atoms with Crippen molar-refractivity contribution in [3.63, 3.8) is 0 Å². The van der Waals surface area contributed by atoms with E-state index < -0.39 is 11.6 Å². The van der Waals surface area contributed by atoms with Crippen molar-refractivity contribution in [3.8, 4) is 0 Å². The Kier molecular flexibility index (Phi) is 3.81. The Labute approximate surface area is 84.3 Å². The average Bonchev–Trinajstić information content (AvgIpc) is 2.13. The summed E-state index contributed by atoms with van der Waals surface area (Å²) in [7, 11) is 1.81. The van der Waals surface area contributed by atoms with Crippen molar-refractivity contribution >= 4 is 15.9 Å². The number of likely N-dealkylation sites (N-methyl/N-ethyl adjacent to an activating group) is 1. The van der Waals surface area contributed by atoms with Crippen LogP contribution in [0.15, 0.2) is 16.6 Å². The van der Waals surface area contributed by atoms with Crippen LogP contribution >= 0.6 is 15.9 Å². The van der Waals surface area contributed by atoms with Crippen LogP contribution in [0.1, 0.15) is 5.56 Å². The van der Waals surface area contributed by atoms with E-state index in [9.17, 15) is 8.78 Å². The van der Waals surface area contributed by atoms with Crippen LogP contribution in [0.2, 0.25) is 0 Å². The van der Waals surface area contributed by atoms with E-state index in [-0.39, 0.29) is 4.47 Å². The molecule has 1 rings (SSSR count). The molecule has 72 valence electrons. The molecule has 0 bridgehead atoms. The predicted molar refractivity (Wildman–Crippen MR) is 51.7 cm³/mol. The first-order chi connectivity index (χ1) is 6.16. The number of rotatable bonds is 3. The highest BCUT2D eigenvalue weighted by Crippen LogP contribution is 2.23. The van der Waals surface area contributed by atoms with Crippen molar-refractivity contribution in [2.75, 3.05) is 13.6 Å². The van der Waals surface area contributed by atoms with Crippen molar-refractivity contribution in [1.82, 2.24) is 5.32 Å². The number of hydrogen-bond donors (Lipinski definition) is 1. The average molecular weight is 250 g/mol. The molecule has 0 aromatic heterocycles. The number of benzene rings is 1. The van der Waals surface area contributed by atoms with Crippen LogP contribution in [0.25, 0.3) is 0 Å². The maximum Gasteiger partial charge on any atom is 0.173 e. The molecule has 0 aliphatic rings. The van der Waals surface area contributed by atoms with Gasteiger partial charge in [0, 0.05) is 0 Å². The lowest BCUT2D eigenvalue weighted by Gasteiger charge is -2.05. The van der Waals surface area contributed by atoms with E-state index in [1.807, 2.05) is 7.05 Å². The van der Waals surface area contributed by atoms with Gasteiger partial charge in [0.15, 0.2) is 11.6 Å². The Hall–Kier alpha value is -0.480. The van der Waals surface area contributed by atoms with E-state index in [0.29, 0.717) is 6.42 Å². The molecule has 1 nitrogen and oxygen atoms in total. The molecule has 1 aromatic carbocycles. The lowest BCUT2D eigenvalue weighted by molar-refractivity contribution is 0.502. The molecule has 1 aromatic rings. The summed E-state index contributed by atoms with van der Waals surface area (Å²) in [6.07, 6.45) is 0.675. The highest BCUT2D eigenvalue weighted by Gasteiger charge is 2.09. The third kappa shape index (κ3) is 2.48. The number of hydrogen-bond acceptors (Lipinski definition) is 1. The van der Waals surface area contributed by atoms with E-state index in [2.05, 4.69) is 21.2 Å². The molecule has 0 spiro atoms. The largest absolute Gasteiger partial charge is 0.319 e. The second kappa shape index (κ2) is 4.67. The second-order valence-corrected chi connectivity index (χ2v) is 3.48. The molecule has 0 radical (unpaired) electrons. The lowest BCUT2D eigenvalue weighted by atomic mass is 10.1. The van der Waals surface area contributed by atoms with Gasteiger partial charge in [0.1, 0.15) is 0 Å². The molecule has 0 saturated carbocycles. The second-order valence-electron chi connectivity index (χ2n) is 2.69. The summed E-state index contributed by atoms with van der Waals surface area (Å²) in [5, 5.41) is 2.94. The van der Waals surface area contributed by atoms with E-state index in [4.69, 9.17) is 0 Å². The summed E-state index contributed by atoms with van der Waals surface area (Å²) in [5.74, 6) is -1.63. The molecule has 13 heavy (non-hydrogen) atoms. The van der Waals surface area contributed by atoms with E-state index >= 15 is 0 Å². The Morgan fingerprint density at radius 3 is 2.69 bits per heavy atom. The minimum Gasteiger partial charge on any atom is -0.319 e. The standard InChI is InChI=1S/C9H10BrF2N/c1-13-5-4-6-2-3-7(11)9(12)8(6)10/h2-3,13H,4-5H2,1H3. The summed E-state index contributed by atoms with van der Waals surface area (Å²) in [6.45, 7) is 0.740. The summed E-state index contributed by atoms with van der Waals surface area (Å²) in [5.41, 5.74) is 0.772. The van der Waals surface area contributed by atoms with Gasteiger partial charge in [0.2, 0.25) is 0 Å². The normalized spacial score (nSPS) is 10.5. The van der Waals surface area contributed by atoms with Crippen LogP contribution in [0.5, 0.6) is 0 Å². The SMILES string of the molecule is CNCCc1ccc(F)c(F)c1Br. The van der Waals surface area contributed by atoms with Gasteiger partial charge in [-0.3, -0.25) is 0 Å². The zero-order valence-corrected chi connectivity index (χ0v) is 8.79. The zero-order valence-electron chi connectivity index (χ0n) is 7.20. The van der Waals surface area contributed by atoms with Gasteiger partial charge in [-0.1, -0.05) is 6.07 Å². The number of nitrogens with one attached hydrogen (secondary N) is 1. The smallest absolute Gasteiger partial charge is 0.173 e. The molecule has 0 aliphatic heterocycles. The fourth-order valence-electron chi connectivity index (χ4n) is 1.02. The zero-order chi connectivity index (χ0) is 9.84. The van der Waals surface area contributed by atoms with Gasteiger partial charge < -0.3 is 5.32 Å². The predicted octanol–water partition coefficient (Wildman–Crippen LogP) is 2.49. The lowest BCUT2D eigenvalue weighted by Crippen LogP contribution is -2.11. The Morgan fingerprint density at radius 1 is 1.38 bits per heavy atom. The van der Waals surface area contributed by atoms with Crippen molar-refractivity contribution in [2.45, 2.75) is 6.42 Å². The van der Waals surface area contributed by atoms with E-state index in [0.717, 1.165) is 18.2 Å². The maximum absolute atomic E-state index is 13.0. The first kappa shape index (κ1) is 10.6. The third-order valence-corrected chi connectivity index (χ3v) is 2.62. The maximum atomic E-state index is 13.0. The minimum atomic E-state index is -0.819. The van der Waals surface area contributed by atoms with Gasteiger partial charge in [-0.15, -0.1) is 0 Å². The Balaban J connectivity index is 2.90. The van der Waals surface area contributed by atoms with Gasteiger partial charge >= 0.3 is 0 Å². The highest BCUT2D eigenvalue weighted by atomic mass is 79.9. The molecular weight excluding hydrogens is 240 g/mol. The summed E-state index contributed by atoms with van der Waals surface area (Å²) >= 11 is 3.02. The van der Waals surface area contributed by atoms with Crippen LogP contribution < -0.4 is 5.32 Å². The molecule has 0 atom stereocenters. The molecule has 1 N–H and O–H groups in total. The summed E-state index contributed by atoms with van der Waals surface area (Å²) in [6, 6.07) is 2.73. The Bertz CT molecular complexity index is 302. The monoisotopic (exact) mass is 249 g/mol. The van der Waals surface area contributed by atoms with Crippen LogP contribution in [-0.4, -0.2) is 13.6 Å². The molecule has 0 saturated heterocycles. The van der Waals surface area contributed by atoms with Gasteiger partial charge in [-0.05, 0) is 47.6 Å². The van der Waals surface area contributed by atoms with Gasteiger partial charge in [-0.2, -0.15) is 0 Å². The molecule has 0 amide bonds. The molecule has 0 heterocycles. The van der Waals surface area contributed by atoms with E-state index in [1.165, 1.54) is 0 Å². The Morgan fingerprint density at radius 2 is 2.08 bits per heavy atom. The molecule has 4 heteroatoms. The molecule has 0 aliphatic carbocycles. The van der Waals surface area contributed by atoms with Crippen molar-refractivity contribution < 1.29 is 8.78 Å². The van der Waals surface area contributed by atoms with E-state index in [1.54, 1.807) is 6.07 Å². The van der Waals surface area contributed by atoms with Crippen molar-refractivity contribution in [1.29, 1.82) is 0 Å². The highest BCUT2D eigenvalue weighted by molar-refractivity contribution is 9.10. The van der Waals surface area contributed by atoms with Crippen molar-refractivity contribution in [2.24, 2.45) is 0 Å². The summed E-state index contributed by atoms with van der Waals surface area (Å²) in [4.78, 5) is 0. The van der Waals surface area contributed by atoms with Gasteiger partial charge in [0.25, 0.3) is 0 Å². The van der Waals surface area contributed by atoms with Gasteiger partial charge in [-0.25, -0.2) is 8.78 Å². The molecular formula is C9H10BrF2N. The number of halogens is 3. The molecule has 0 fully saturated rings. The molecule has 0 unspecified atom stereocenters.